The maximum atomic E-state index is 13.2. The van der Waals surface area contributed by atoms with Crippen LogP contribution in [0.15, 0.2) is 24.3 Å². The average molecular weight is 306 g/mol. The summed E-state index contributed by atoms with van der Waals surface area (Å²) in [6.45, 7) is 3.02. The molecule has 0 unspecified atom stereocenters. The van der Waals surface area contributed by atoms with Crippen LogP contribution >= 0.6 is 0 Å². The Labute approximate surface area is 130 Å². The lowest BCUT2D eigenvalue weighted by Gasteiger charge is -2.39. The van der Waals surface area contributed by atoms with Crippen molar-refractivity contribution in [1.82, 2.24) is 9.80 Å². The number of carbonyl (C=O) groups is 1. The van der Waals surface area contributed by atoms with Crippen LogP contribution in [0.2, 0.25) is 0 Å². The molecule has 120 valence electrons. The fraction of sp³-hybridized carbons (Fsp3) is 0.588. The average Bonchev–Trinajstić information content (AvgIpc) is 2.93. The standard InChI is InChI=1S/C17H23FN2O2/c18-14-4-1-3-13(11-14)12-17(22)20-9-7-19(8-10-20)15-5-2-6-16(15)21/h1,3-4,11,15-16,21H,2,5-10,12H2/t15-,16+/m1/s1. The number of nitrogens with zero attached hydrogens (tertiary/aromatic N) is 2. The number of benzene rings is 1. The lowest BCUT2D eigenvalue weighted by Crippen LogP contribution is -2.53. The minimum atomic E-state index is -0.301. The van der Waals surface area contributed by atoms with Crippen molar-refractivity contribution < 1.29 is 14.3 Å². The first kappa shape index (κ1) is 15.4. The number of rotatable bonds is 3. The van der Waals surface area contributed by atoms with Gasteiger partial charge >= 0.3 is 0 Å². The van der Waals surface area contributed by atoms with Gasteiger partial charge in [-0.15, -0.1) is 0 Å². The van der Waals surface area contributed by atoms with Crippen molar-refractivity contribution in [3.63, 3.8) is 0 Å². The van der Waals surface area contributed by atoms with Crippen molar-refractivity contribution >= 4 is 5.91 Å². The number of hydrogen-bond acceptors (Lipinski definition) is 3. The zero-order chi connectivity index (χ0) is 15.5. The number of aliphatic hydroxyl groups excluding tert-OH is 1. The molecule has 0 spiro atoms. The molecule has 3 rings (SSSR count). The molecule has 1 saturated carbocycles. The van der Waals surface area contributed by atoms with E-state index >= 15 is 0 Å². The molecule has 1 heterocycles. The fourth-order valence-corrected chi connectivity index (χ4v) is 3.58. The zero-order valence-electron chi connectivity index (χ0n) is 12.7. The van der Waals surface area contributed by atoms with Gasteiger partial charge in [-0.3, -0.25) is 9.69 Å². The van der Waals surface area contributed by atoms with E-state index in [1.165, 1.54) is 12.1 Å². The maximum Gasteiger partial charge on any atom is 0.227 e. The predicted octanol–water partition coefficient (Wildman–Crippen LogP) is 1.43. The van der Waals surface area contributed by atoms with Gasteiger partial charge in [-0.1, -0.05) is 12.1 Å². The summed E-state index contributed by atoms with van der Waals surface area (Å²) in [5.74, 6) is -0.248. The Balaban J connectivity index is 1.51. The van der Waals surface area contributed by atoms with Gasteiger partial charge in [-0.2, -0.15) is 0 Å². The molecule has 22 heavy (non-hydrogen) atoms. The van der Waals surface area contributed by atoms with Gasteiger partial charge in [0, 0.05) is 32.2 Å². The van der Waals surface area contributed by atoms with Crippen LogP contribution < -0.4 is 0 Å². The molecule has 5 heteroatoms. The Morgan fingerprint density at radius 1 is 1.23 bits per heavy atom. The molecule has 0 aromatic heterocycles. The second kappa shape index (κ2) is 6.75. The monoisotopic (exact) mass is 306 g/mol. The molecule has 2 aliphatic rings. The SMILES string of the molecule is O=C(Cc1cccc(F)c1)N1CCN([C@@H]2CCC[C@@H]2O)CC1. The van der Waals surface area contributed by atoms with E-state index in [4.69, 9.17) is 0 Å². The summed E-state index contributed by atoms with van der Waals surface area (Å²) >= 11 is 0. The smallest absolute Gasteiger partial charge is 0.227 e. The quantitative estimate of drug-likeness (QED) is 0.919. The second-order valence-corrected chi connectivity index (χ2v) is 6.29. The highest BCUT2D eigenvalue weighted by molar-refractivity contribution is 5.78. The van der Waals surface area contributed by atoms with Crippen LogP contribution in [0, 0.1) is 5.82 Å². The van der Waals surface area contributed by atoms with Crippen LogP contribution in [0.3, 0.4) is 0 Å². The van der Waals surface area contributed by atoms with Crippen molar-refractivity contribution in [2.24, 2.45) is 0 Å². The first-order valence-electron chi connectivity index (χ1n) is 8.08. The van der Waals surface area contributed by atoms with Gasteiger partial charge in [0.15, 0.2) is 0 Å². The van der Waals surface area contributed by atoms with Crippen LogP contribution in [0.1, 0.15) is 24.8 Å². The molecule has 0 bridgehead atoms. The lowest BCUT2D eigenvalue weighted by molar-refractivity contribution is -0.132. The summed E-state index contributed by atoms with van der Waals surface area (Å²) in [5.41, 5.74) is 0.721. The number of carbonyl (C=O) groups excluding carboxylic acids is 1. The second-order valence-electron chi connectivity index (χ2n) is 6.29. The molecule has 1 N–H and O–H groups in total. The van der Waals surface area contributed by atoms with Gasteiger partial charge in [-0.05, 0) is 37.0 Å². The van der Waals surface area contributed by atoms with E-state index in [0.717, 1.165) is 37.9 Å². The third-order valence-electron chi connectivity index (χ3n) is 4.82. The summed E-state index contributed by atoms with van der Waals surface area (Å²) in [7, 11) is 0. The van der Waals surface area contributed by atoms with Gasteiger partial charge in [0.25, 0.3) is 0 Å². The Morgan fingerprint density at radius 2 is 2.00 bits per heavy atom. The largest absolute Gasteiger partial charge is 0.391 e. The van der Waals surface area contributed by atoms with Gasteiger partial charge < -0.3 is 10.0 Å². The number of hydrogen-bond donors (Lipinski definition) is 1. The first-order chi connectivity index (χ1) is 10.6. The van der Waals surface area contributed by atoms with Gasteiger partial charge in [0.1, 0.15) is 5.82 Å². The molecule has 2 fully saturated rings. The van der Waals surface area contributed by atoms with Crippen LogP contribution in [-0.2, 0) is 11.2 Å². The molecule has 1 aromatic carbocycles. The summed E-state index contributed by atoms with van der Waals surface area (Å²) in [6, 6.07) is 6.49. The maximum absolute atomic E-state index is 13.2. The number of piperazine rings is 1. The zero-order valence-corrected chi connectivity index (χ0v) is 12.7. The normalized spacial score (nSPS) is 26.4. The highest BCUT2D eigenvalue weighted by Crippen LogP contribution is 2.25. The number of aliphatic hydroxyl groups is 1. The van der Waals surface area contributed by atoms with Crippen LogP contribution in [0.25, 0.3) is 0 Å². The van der Waals surface area contributed by atoms with Crippen molar-refractivity contribution in [2.75, 3.05) is 26.2 Å². The predicted molar refractivity (Wildman–Crippen MR) is 81.9 cm³/mol. The van der Waals surface area contributed by atoms with Gasteiger partial charge in [0.05, 0.1) is 12.5 Å². The van der Waals surface area contributed by atoms with Gasteiger partial charge in [0.2, 0.25) is 5.91 Å². The summed E-state index contributed by atoms with van der Waals surface area (Å²) in [5, 5.41) is 9.98. The molecule has 4 nitrogen and oxygen atoms in total. The van der Waals surface area contributed by atoms with E-state index in [0.29, 0.717) is 13.1 Å². The Kier molecular flexibility index (Phi) is 4.74. The number of halogens is 1. The topological polar surface area (TPSA) is 43.8 Å². The molecule has 2 atom stereocenters. The van der Waals surface area contributed by atoms with E-state index in [1.54, 1.807) is 12.1 Å². The molecule has 0 radical (unpaired) electrons. The van der Waals surface area contributed by atoms with E-state index in [2.05, 4.69) is 4.90 Å². The van der Waals surface area contributed by atoms with Crippen LogP contribution in [-0.4, -0.2) is 59.1 Å². The molecule has 1 saturated heterocycles. The van der Waals surface area contributed by atoms with Crippen molar-refractivity contribution in [3.05, 3.63) is 35.6 Å². The lowest BCUT2D eigenvalue weighted by atomic mass is 10.1. The first-order valence-corrected chi connectivity index (χ1v) is 8.08. The third-order valence-corrected chi connectivity index (χ3v) is 4.82. The summed E-state index contributed by atoms with van der Waals surface area (Å²) < 4.78 is 13.2. The highest BCUT2D eigenvalue weighted by Gasteiger charge is 2.33. The summed E-state index contributed by atoms with van der Waals surface area (Å²) in [4.78, 5) is 16.5. The van der Waals surface area contributed by atoms with Crippen LogP contribution in [0.5, 0.6) is 0 Å². The molecule has 1 aliphatic heterocycles. The highest BCUT2D eigenvalue weighted by atomic mass is 19.1. The van der Waals surface area contributed by atoms with E-state index < -0.39 is 0 Å². The molecule has 1 aliphatic carbocycles. The minimum Gasteiger partial charge on any atom is -0.391 e. The molecule has 1 amide bonds. The van der Waals surface area contributed by atoms with E-state index in [-0.39, 0.29) is 30.3 Å². The van der Waals surface area contributed by atoms with Crippen LogP contribution in [0.4, 0.5) is 4.39 Å². The fourth-order valence-electron chi connectivity index (χ4n) is 3.58. The molecular weight excluding hydrogens is 283 g/mol. The Morgan fingerprint density at radius 3 is 2.64 bits per heavy atom. The Bertz CT molecular complexity index is 529. The molecular formula is C17H23FN2O2. The van der Waals surface area contributed by atoms with E-state index in [1.807, 2.05) is 4.90 Å². The van der Waals surface area contributed by atoms with E-state index in [9.17, 15) is 14.3 Å². The number of amides is 1. The van der Waals surface area contributed by atoms with Crippen molar-refractivity contribution in [1.29, 1.82) is 0 Å². The summed E-state index contributed by atoms with van der Waals surface area (Å²) in [6.07, 6.45) is 3.07. The van der Waals surface area contributed by atoms with Crippen molar-refractivity contribution in [2.45, 2.75) is 37.8 Å². The Hall–Kier alpha value is -1.46. The minimum absolute atomic E-state index is 0.0530. The van der Waals surface area contributed by atoms with Gasteiger partial charge in [-0.25, -0.2) is 4.39 Å². The van der Waals surface area contributed by atoms with Crippen molar-refractivity contribution in [3.8, 4) is 0 Å². The molecule has 1 aromatic rings. The third kappa shape index (κ3) is 3.47.